The molecule has 2 fully saturated rings. The van der Waals surface area contributed by atoms with Gasteiger partial charge in [0.25, 0.3) is 11.5 Å². The van der Waals surface area contributed by atoms with Gasteiger partial charge in [-0.3, -0.25) is 24.0 Å². The van der Waals surface area contributed by atoms with E-state index in [1.165, 1.54) is 10.8 Å². The number of amides is 1. The topological polar surface area (TPSA) is 91.3 Å². The number of H-pyrrole nitrogens is 1. The minimum absolute atomic E-state index is 0.0966. The largest absolute Gasteiger partial charge is 0.337 e. The summed E-state index contributed by atoms with van der Waals surface area (Å²) in [5, 5.41) is 0.298. The predicted octanol–water partition coefficient (Wildman–Crippen LogP) is 0.976. The molecule has 2 aromatic rings. The fourth-order valence-corrected chi connectivity index (χ4v) is 4.07. The third-order valence-corrected chi connectivity index (χ3v) is 5.72. The van der Waals surface area contributed by atoms with Gasteiger partial charge in [-0.05, 0) is 38.4 Å². The minimum Gasteiger partial charge on any atom is -0.337 e. The number of pyridine rings is 1. The van der Waals surface area contributed by atoms with Crippen LogP contribution in [0.1, 0.15) is 49.5 Å². The fraction of sp³-hybridized carbons (Fsp3) is 0.579. The molecule has 0 aromatic carbocycles. The molecular formula is C19H25N5O3. The van der Waals surface area contributed by atoms with E-state index in [2.05, 4.69) is 28.7 Å². The Balaban J connectivity index is 1.64. The summed E-state index contributed by atoms with van der Waals surface area (Å²) in [5.41, 5.74) is -0.154. The molecule has 0 bridgehead atoms. The molecule has 4 rings (SSSR count). The Kier molecular flexibility index (Phi) is 4.59. The molecule has 1 saturated heterocycles. The van der Waals surface area contributed by atoms with Crippen molar-refractivity contribution < 1.29 is 4.79 Å². The van der Waals surface area contributed by atoms with Crippen molar-refractivity contribution in [2.75, 3.05) is 26.2 Å². The second-order valence-electron chi connectivity index (χ2n) is 7.37. The van der Waals surface area contributed by atoms with E-state index in [-0.39, 0.29) is 11.9 Å². The Morgan fingerprint density at radius 2 is 2.00 bits per heavy atom. The molecule has 8 heteroatoms. The molecule has 1 N–H and O–H groups in total. The summed E-state index contributed by atoms with van der Waals surface area (Å²) < 4.78 is 1.54. The third kappa shape index (κ3) is 3.18. The number of carbonyl (C=O) groups is 1. The predicted molar refractivity (Wildman–Crippen MR) is 102 cm³/mol. The highest BCUT2D eigenvalue weighted by atomic mass is 16.2. The zero-order valence-corrected chi connectivity index (χ0v) is 15.8. The second kappa shape index (κ2) is 6.92. The van der Waals surface area contributed by atoms with Crippen molar-refractivity contribution in [2.24, 2.45) is 0 Å². The minimum atomic E-state index is -0.489. The molecule has 8 nitrogen and oxygen atoms in total. The summed E-state index contributed by atoms with van der Waals surface area (Å²) in [5.74, 6) is -0.109. The molecule has 1 aliphatic heterocycles. The lowest BCUT2D eigenvalue weighted by atomic mass is 10.2. The van der Waals surface area contributed by atoms with Crippen LogP contribution in [0, 0.1) is 0 Å². The van der Waals surface area contributed by atoms with E-state index in [4.69, 9.17) is 0 Å². The summed E-state index contributed by atoms with van der Waals surface area (Å²) in [4.78, 5) is 48.2. The quantitative estimate of drug-likeness (QED) is 0.846. The first-order valence-electron chi connectivity index (χ1n) is 9.71. The molecular weight excluding hydrogens is 346 g/mol. The van der Waals surface area contributed by atoms with Crippen molar-refractivity contribution in [3.63, 3.8) is 0 Å². The number of aromatic nitrogens is 3. The number of carbonyl (C=O) groups excluding carboxylic acids is 1. The van der Waals surface area contributed by atoms with Crippen LogP contribution >= 0.6 is 0 Å². The standard InChI is InChI=1S/C19H25N5O3/c1-3-22(4-2)14-7-8-23(11-14)18(26)12-9-15-16(20-10-12)24(13-5-6-13)19(27)21-17(15)25/h9-10,13-14H,3-8,11H2,1-2H3,(H,21,25,27). The molecule has 27 heavy (non-hydrogen) atoms. The van der Waals surface area contributed by atoms with Gasteiger partial charge in [0.2, 0.25) is 0 Å². The summed E-state index contributed by atoms with van der Waals surface area (Å²) >= 11 is 0. The lowest BCUT2D eigenvalue weighted by Gasteiger charge is -2.26. The van der Waals surface area contributed by atoms with Gasteiger partial charge in [0.1, 0.15) is 5.65 Å². The Morgan fingerprint density at radius 1 is 1.26 bits per heavy atom. The van der Waals surface area contributed by atoms with Crippen LogP contribution in [0.5, 0.6) is 0 Å². The molecule has 1 amide bonds. The number of hydrogen-bond acceptors (Lipinski definition) is 5. The van der Waals surface area contributed by atoms with Crippen LogP contribution in [-0.4, -0.2) is 62.5 Å². The number of nitrogens with zero attached hydrogens (tertiary/aromatic N) is 4. The molecule has 3 heterocycles. The van der Waals surface area contributed by atoms with E-state index < -0.39 is 11.2 Å². The average Bonchev–Trinajstić information content (AvgIpc) is 3.38. The molecule has 2 aliphatic rings. The van der Waals surface area contributed by atoms with Crippen LogP contribution in [0.2, 0.25) is 0 Å². The van der Waals surface area contributed by atoms with Gasteiger partial charge in [-0.15, -0.1) is 0 Å². The summed E-state index contributed by atoms with van der Waals surface area (Å²) in [6, 6.07) is 2.05. The first kappa shape index (κ1) is 17.9. The molecule has 1 aliphatic carbocycles. The molecule has 1 unspecified atom stereocenters. The maximum Gasteiger partial charge on any atom is 0.330 e. The van der Waals surface area contributed by atoms with Crippen LogP contribution in [0.25, 0.3) is 11.0 Å². The normalized spacial score (nSPS) is 20.0. The van der Waals surface area contributed by atoms with Crippen LogP contribution < -0.4 is 11.2 Å². The SMILES string of the molecule is CCN(CC)C1CCN(C(=O)c2cnc3c(c2)c(=O)[nH]c(=O)n3C2CC2)C1. The molecule has 1 atom stereocenters. The summed E-state index contributed by atoms with van der Waals surface area (Å²) in [7, 11) is 0. The number of nitrogens with one attached hydrogen (secondary N) is 1. The van der Waals surface area contributed by atoms with E-state index in [9.17, 15) is 14.4 Å². The van der Waals surface area contributed by atoms with Crippen LogP contribution in [0.15, 0.2) is 21.9 Å². The van der Waals surface area contributed by atoms with E-state index >= 15 is 0 Å². The zero-order chi connectivity index (χ0) is 19.1. The number of likely N-dealkylation sites (tertiary alicyclic amines) is 1. The van der Waals surface area contributed by atoms with Crippen molar-refractivity contribution in [2.45, 2.75) is 45.2 Å². The molecule has 144 valence electrons. The van der Waals surface area contributed by atoms with Gasteiger partial charge in [-0.2, -0.15) is 0 Å². The summed E-state index contributed by atoms with van der Waals surface area (Å²) in [6.07, 6.45) is 4.26. The van der Waals surface area contributed by atoms with E-state index in [1.54, 1.807) is 6.07 Å². The lowest BCUT2D eigenvalue weighted by molar-refractivity contribution is 0.0777. The van der Waals surface area contributed by atoms with Crippen molar-refractivity contribution in [1.82, 2.24) is 24.3 Å². The van der Waals surface area contributed by atoms with Gasteiger partial charge < -0.3 is 4.90 Å². The smallest absolute Gasteiger partial charge is 0.330 e. The maximum absolute atomic E-state index is 12.9. The Labute approximate surface area is 156 Å². The van der Waals surface area contributed by atoms with Gasteiger partial charge in [-0.1, -0.05) is 13.8 Å². The lowest BCUT2D eigenvalue weighted by Crippen LogP contribution is -2.38. The van der Waals surface area contributed by atoms with E-state index in [1.807, 2.05) is 4.90 Å². The van der Waals surface area contributed by atoms with Gasteiger partial charge in [0.05, 0.1) is 10.9 Å². The number of fused-ring (bicyclic) bond motifs is 1. The van der Waals surface area contributed by atoms with Crippen LogP contribution in [-0.2, 0) is 0 Å². The highest BCUT2D eigenvalue weighted by Gasteiger charge is 2.31. The number of aromatic amines is 1. The molecule has 0 radical (unpaired) electrons. The van der Waals surface area contributed by atoms with Crippen molar-refractivity contribution in [3.8, 4) is 0 Å². The fourth-order valence-electron chi connectivity index (χ4n) is 4.07. The first-order chi connectivity index (χ1) is 13.0. The monoisotopic (exact) mass is 371 g/mol. The van der Waals surface area contributed by atoms with E-state index in [0.29, 0.717) is 35.7 Å². The van der Waals surface area contributed by atoms with Gasteiger partial charge in [0, 0.05) is 31.4 Å². The van der Waals surface area contributed by atoms with Gasteiger partial charge in [-0.25, -0.2) is 9.78 Å². The van der Waals surface area contributed by atoms with Crippen LogP contribution in [0.4, 0.5) is 0 Å². The maximum atomic E-state index is 12.9. The van der Waals surface area contributed by atoms with E-state index in [0.717, 1.165) is 32.4 Å². The highest BCUT2D eigenvalue weighted by Crippen LogP contribution is 2.34. The van der Waals surface area contributed by atoms with Crippen molar-refractivity contribution in [3.05, 3.63) is 38.7 Å². The van der Waals surface area contributed by atoms with Crippen LogP contribution in [0.3, 0.4) is 0 Å². The molecule has 0 spiro atoms. The molecule has 2 aromatic heterocycles. The van der Waals surface area contributed by atoms with Gasteiger partial charge in [0.15, 0.2) is 0 Å². The molecule has 1 saturated carbocycles. The number of rotatable bonds is 5. The van der Waals surface area contributed by atoms with Crippen molar-refractivity contribution >= 4 is 16.9 Å². The Morgan fingerprint density at radius 3 is 2.67 bits per heavy atom. The first-order valence-corrected chi connectivity index (χ1v) is 9.71. The summed E-state index contributed by atoms with van der Waals surface area (Å²) in [6.45, 7) is 7.59. The second-order valence-corrected chi connectivity index (χ2v) is 7.37. The van der Waals surface area contributed by atoms with Gasteiger partial charge >= 0.3 is 5.69 Å². The average molecular weight is 371 g/mol. The highest BCUT2D eigenvalue weighted by molar-refractivity contribution is 5.97. The van der Waals surface area contributed by atoms with Crippen molar-refractivity contribution in [1.29, 1.82) is 0 Å². The number of hydrogen-bond donors (Lipinski definition) is 1. The Bertz CT molecular complexity index is 987. The third-order valence-electron chi connectivity index (χ3n) is 5.72. The number of likely N-dealkylation sites (N-methyl/N-ethyl adjacent to an activating group) is 1. The Hall–Kier alpha value is -2.48. The zero-order valence-electron chi connectivity index (χ0n) is 15.8.